The average Bonchev–Trinajstić information content (AvgIpc) is 3.53. The first-order valence-corrected chi connectivity index (χ1v) is 14.4. The molecule has 8 heteroatoms. The summed E-state index contributed by atoms with van der Waals surface area (Å²) in [7, 11) is 1.60. The van der Waals surface area contributed by atoms with Crippen molar-refractivity contribution in [3.05, 3.63) is 127 Å². The molecule has 6 rings (SSSR count). The molecule has 0 aliphatic carbocycles. The van der Waals surface area contributed by atoms with E-state index < -0.39 is 12.0 Å². The number of carbonyl (C=O) groups is 1. The SMILES string of the molecule is CCOC(=O)C1=C(c2ccccc2)N=c2s/c(=C\c3cn(CC)c4ccccc34)c(=O)n2[C@@H]1c1ccc(OC)cc1. The first-order valence-electron chi connectivity index (χ1n) is 13.5. The van der Waals surface area contributed by atoms with E-state index in [1.165, 1.54) is 11.3 Å². The lowest BCUT2D eigenvalue weighted by Gasteiger charge is -2.26. The van der Waals surface area contributed by atoms with Gasteiger partial charge in [-0.15, -0.1) is 0 Å². The second-order valence-electron chi connectivity index (χ2n) is 9.59. The zero-order valence-corrected chi connectivity index (χ0v) is 23.9. The molecule has 41 heavy (non-hydrogen) atoms. The number of rotatable bonds is 7. The number of aromatic nitrogens is 2. The third-order valence-electron chi connectivity index (χ3n) is 7.25. The van der Waals surface area contributed by atoms with Crippen LogP contribution in [0, 0.1) is 0 Å². The summed E-state index contributed by atoms with van der Waals surface area (Å²) in [6, 6.07) is 24.4. The van der Waals surface area contributed by atoms with Crippen molar-refractivity contribution >= 4 is 40.0 Å². The minimum atomic E-state index is -0.731. The highest BCUT2D eigenvalue weighted by atomic mass is 32.1. The van der Waals surface area contributed by atoms with Gasteiger partial charge in [0.1, 0.15) is 5.75 Å². The number of thiazole rings is 1. The van der Waals surface area contributed by atoms with Crippen molar-refractivity contribution in [1.82, 2.24) is 9.13 Å². The highest BCUT2D eigenvalue weighted by Crippen LogP contribution is 2.35. The van der Waals surface area contributed by atoms with E-state index >= 15 is 0 Å². The van der Waals surface area contributed by atoms with Crippen LogP contribution in [0.3, 0.4) is 0 Å². The molecule has 3 aromatic carbocycles. The van der Waals surface area contributed by atoms with Crippen LogP contribution in [0.5, 0.6) is 5.75 Å². The maximum Gasteiger partial charge on any atom is 0.338 e. The predicted molar refractivity (Wildman–Crippen MR) is 162 cm³/mol. The molecule has 5 aromatic rings. The molecule has 2 aromatic heterocycles. The number of para-hydroxylation sites is 1. The minimum Gasteiger partial charge on any atom is -0.497 e. The van der Waals surface area contributed by atoms with Gasteiger partial charge in [0.25, 0.3) is 5.56 Å². The molecule has 1 aliphatic rings. The summed E-state index contributed by atoms with van der Waals surface area (Å²) in [5.74, 6) is 0.176. The van der Waals surface area contributed by atoms with Crippen LogP contribution in [0.4, 0.5) is 0 Å². The van der Waals surface area contributed by atoms with Gasteiger partial charge in [-0.3, -0.25) is 9.36 Å². The maximum absolute atomic E-state index is 14.2. The second kappa shape index (κ2) is 11.1. The number of nitrogens with zero attached hydrogens (tertiary/aromatic N) is 3. The molecule has 1 atom stereocenters. The Morgan fingerprint density at radius 3 is 2.44 bits per heavy atom. The first kappa shape index (κ1) is 26.5. The molecule has 3 heterocycles. The highest BCUT2D eigenvalue weighted by molar-refractivity contribution is 7.07. The monoisotopic (exact) mass is 563 g/mol. The van der Waals surface area contributed by atoms with Crippen LogP contribution >= 0.6 is 11.3 Å². The first-order chi connectivity index (χ1) is 20.0. The molecule has 0 radical (unpaired) electrons. The zero-order chi connectivity index (χ0) is 28.5. The van der Waals surface area contributed by atoms with E-state index in [0.717, 1.165) is 34.1 Å². The number of hydrogen-bond donors (Lipinski definition) is 0. The summed E-state index contributed by atoms with van der Waals surface area (Å²) in [5.41, 5.74) is 4.22. The molecule has 0 bridgehead atoms. The topological polar surface area (TPSA) is 74.8 Å². The summed E-state index contributed by atoms with van der Waals surface area (Å²) in [6.45, 7) is 4.88. The summed E-state index contributed by atoms with van der Waals surface area (Å²) < 4.78 is 15.3. The molecule has 1 aliphatic heterocycles. The lowest BCUT2D eigenvalue weighted by molar-refractivity contribution is -0.138. The van der Waals surface area contributed by atoms with Gasteiger partial charge in [-0.2, -0.15) is 0 Å². The van der Waals surface area contributed by atoms with Gasteiger partial charge in [-0.1, -0.05) is 72.0 Å². The summed E-state index contributed by atoms with van der Waals surface area (Å²) in [5, 5.41) is 1.07. The van der Waals surface area contributed by atoms with Crippen LogP contribution in [0.15, 0.2) is 100 Å². The Labute approximate surface area is 240 Å². The molecule has 0 saturated heterocycles. The van der Waals surface area contributed by atoms with Gasteiger partial charge in [0.05, 0.1) is 35.6 Å². The number of carbonyl (C=O) groups excluding carboxylic acids is 1. The fourth-order valence-corrected chi connectivity index (χ4v) is 6.33. The number of benzene rings is 3. The Bertz CT molecular complexity index is 1960. The standard InChI is InChI=1S/C33H29N3O4S/c1-4-35-20-23(25-13-9-10-14-26(25)35)19-27-31(37)36-30(22-15-17-24(39-3)18-16-22)28(32(38)40-5-2)29(34-33(36)41-27)21-11-7-6-8-12-21/h6-20,30H,4-5H2,1-3H3/b27-19-/t30-/m1/s1. The fourth-order valence-electron chi connectivity index (χ4n) is 5.34. The van der Waals surface area contributed by atoms with Crippen LogP contribution in [0.25, 0.3) is 22.7 Å². The molecule has 0 saturated carbocycles. The maximum atomic E-state index is 14.2. The normalized spacial score (nSPS) is 15.1. The molecule has 0 amide bonds. The number of methoxy groups -OCH3 is 1. The molecule has 206 valence electrons. The van der Waals surface area contributed by atoms with E-state index in [1.54, 1.807) is 18.6 Å². The summed E-state index contributed by atoms with van der Waals surface area (Å²) in [4.78, 5) is 33.2. The fraction of sp³-hybridized carbons (Fsp3) is 0.182. The Morgan fingerprint density at radius 1 is 1.00 bits per heavy atom. The van der Waals surface area contributed by atoms with Crippen molar-refractivity contribution in [1.29, 1.82) is 0 Å². The zero-order valence-electron chi connectivity index (χ0n) is 23.0. The second-order valence-corrected chi connectivity index (χ2v) is 10.6. The lowest BCUT2D eigenvalue weighted by Crippen LogP contribution is -2.40. The van der Waals surface area contributed by atoms with Crippen molar-refractivity contribution in [2.24, 2.45) is 4.99 Å². The van der Waals surface area contributed by atoms with Gasteiger partial charge in [-0.25, -0.2) is 9.79 Å². The smallest absolute Gasteiger partial charge is 0.338 e. The lowest BCUT2D eigenvalue weighted by atomic mass is 9.93. The Morgan fingerprint density at radius 2 is 1.73 bits per heavy atom. The molecule has 7 nitrogen and oxygen atoms in total. The van der Waals surface area contributed by atoms with E-state index in [9.17, 15) is 9.59 Å². The van der Waals surface area contributed by atoms with Crippen LogP contribution in [-0.4, -0.2) is 28.8 Å². The average molecular weight is 564 g/mol. The van der Waals surface area contributed by atoms with Crippen LogP contribution < -0.4 is 19.6 Å². The van der Waals surface area contributed by atoms with Crippen LogP contribution in [0.2, 0.25) is 0 Å². The Balaban J connectivity index is 1.64. The van der Waals surface area contributed by atoms with Gasteiger partial charge in [0, 0.05) is 34.8 Å². The highest BCUT2D eigenvalue weighted by Gasteiger charge is 2.35. The van der Waals surface area contributed by atoms with Crippen molar-refractivity contribution in [2.75, 3.05) is 13.7 Å². The number of esters is 1. The van der Waals surface area contributed by atoms with Crippen molar-refractivity contribution in [3.8, 4) is 5.75 Å². The predicted octanol–water partition coefficient (Wildman–Crippen LogP) is 4.92. The number of fused-ring (bicyclic) bond motifs is 2. The quantitative estimate of drug-likeness (QED) is 0.264. The number of hydrogen-bond acceptors (Lipinski definition) is 6. The van der Waals surface area contributed by atoms with Crippen LogP contribution in [0.1, 0.15) is 36.6 Å². The van der Waals surface area contributed by atoms with E-state index in [-0.39, 0.29) is 12.2 Å². The van der Waals surface area contributed by atoms with Gasteiger partial charge < -0.3 is 14.0 Å². The largest absolute Gasteiger partial charge is 0.497 e. The van der Waals surface area contributed by atoms with E-state index in [0.29, 0.717) is 26.4 Å². The molecule has 0 unspecified atom stereocenters. The van der Waals surface area contributed by atoms with E-state index in [2.05, 4.69) is 29.8 Å². The molecule has 0 N–H and O–H groups in total. The third kappa shape index (κ3) is 4.70. The minimum absolute atomic E-state index is 0.200. The van der Waals surface area contributed by atoms with Gasteiger partial charge in [0.15, 0.2) is 4.80 Å². The van der Waals surface area contributed by atoms with Gasteiger partial charge >= 0.3 is 5.97 Å². The number of ether oxygens (including phenoxy) is 2. The number of aryl methyl sites for hydroxylation is 1. The molecule has 0 spiro atoms. The third-order valence-corrected chi connectivity index (χ3v) is 8.23. The van der Waals surface area contributed by atoms with Gasteiger partial charge in [-0.05, 0) is 43.7 Å². The summed E-state index contributed by atoms with van der Waals surface area (Å²) >= 11 is 1.32. The van der Waals surface area contributed by atoms with E-state index in [1.807, 2.05) is 72.8 Å². The molecule has 0 fully saturated rings. The Hall–Kier alpha value is -4.69. The molecular weight excluding hydrogens is 534 g/mol. The van der Waals surface area contributed by atoms with Crippen molar-refractivity contribution in [2.45, 2.75) is 26.4 Å². The summed E-state index contributed by atoms with van der Waals surface area (Å²) in [6.07, 6.45) is 4.00. The van der Waals surface area contributed by atoms with Crippen molar-refractivity contribution in [3.63, 3.8) is 0 Å². The van der Waals surface area contributed by atoms with Crippen LogP contribution in [-0.2, 0) is 16.1 Å². The van der Waals surface area contributed by atoms with Gasteiger partial charge in [0.2, 0.25) is 0 Å². The molecular formula is C33H29N3O4S. The van der Waals surface area contributed by atoms with E-state index in [4.69, 9.17) is 14.5 Å². The van der Waals surface area contributed by atoms with Crippen molar-refractivity contribution < 1.29 is 14.3 Å². The Kier molecular flexibility index (Phi) is 7.15.